The summed E-state index contributed by atoms with van der Waals surface area (Å²) >= 11 is 0. The number of nitrogens with zero attached hydrogens (tertiary/aromatic N) is 1. The number of carbonyl (C=O) groups is 1. The number of hydrogen-bond donors (Lipinski definition) is 0. The van der Waals surface area contributed by atoms with Crippen LogP contribution in [0.1, 0.15) is 50.8 Å². The van der Waals surface area contributed by atoms with Crippen molar-refractivity contribution in [2.24, 2.45) is 17.3 Å². The summed E-state index contributed by atoms with van der Waals surface area (Å²) in [7, 11) is -0.432. The minimum atomic E-state index is -3.55. The van der Waals surface area contributed by atoms with Gasteiger partial charge in [-0.25, -0.2) is 12.7 Å². The number of hydrogen-bond acceptors (Lipinski definition) is 3. The molecule has 2 rings (SSSR count). The highest BCUT2D eigenvalue weighted by Gasteiger charge is 2.49. The van der Waals surface area contributed by atoms with Crippen molar-refractivity contribution in [3.05, 3.63) is 35.9 Å². The molecule has 1 aromatic rings. The summed E-state index contributed by atoms with van der Waals surface area (Å²) in [5.74, 6) is 0.368. The molecule has 1 fully saturated rings. The zero-order valence-corrected chi connectivity index (χ0v) is 16.1. The van der Waals surface area contributed by atoms with Crippen molar-refractivity contribution in [2.45, 2.75) is 45.3 Å². The van der Waals surface area contributed by atoms with E-state index < -0.39 is 20.7 Å². The lowest BCUT2D eigenvalue weighted by atomic mass is 9.65. The van der Waals surface area contributed by atoms with Gasteiger partial charge in [-0.05, 0) is 29.7 Å². The standard InChI is InChI=1S/C19H29NO3S/c1-14-11-12-16(17(21)13-14)19(2,3)18(24(22,23)20(4)5)15-9-7-6-8-10-15/h6-10,14,16,18H,11-13H2,1-5H3/t14-,16-,18-/m1/s1. The summed E-state index contributed by atoms with van der Waals surface area (Å²) in [6.45, 7) is 5.96. The summed E-state index contributed by atoms with van der Waals surface area (Å²) in [5.41, 5.74) is 0.0874. The quantitative estimate of drug-likeness (QED) is 0.813. The first-order valence-electron chi connectivity index (χ1n) is 8.57. The van der Waals surface area contributed by atoms with Crippen molar-refractivity contribution in [1.82, 2.24) is 4.31 Å². The number of ketones is 1. The summed E-state index contributed by atoms with van der Waals surface area (Å²) in [6, 6.07) is 9.29. The SMILES string of the molecule is C[C@@H]1CC[C@@H](C(C)(C)[C@@H](c2ccccc2)S(=O)(=O)N(C)C)C(=O)C1. The van der Waals surface area contributed by atoms with Gasteiger partial charge in [-0.15, -0.1) is 0 Å². The molecule has 1 aliphatic carbocycles. The van der Waals surface area contributed by atoms with Gasteiger partial charge >= 0.3 is 0 Å². The maximum atomic E-state index is 13.1. The third kappa shape index (κ3) is 3.57. The number of Topliss-reactive ketones (excluding diaryl/α,β-unsaturated/α-hetero) is 1. The number of benzene rings is 1. The lowest BCUT2D eigenvalue weighted by molar-refractivity contribution is -0.130. The van der Waals surface area contributed by atoms with Gasteiger partial charge in [0.15, 0.2) is 0 Å². The molecule has 1 aliphatic rings. The van der Waals surface area contributed by atoms with E-state index in [0.717, 1.165) is 18.4 Å². The van der Waals surface area contributed by atoms with Crippen LogP contribution in [0.2, 0.25) is 0 Å². The van der Waals surface area contributed by atoms with Gasteiger partial charge in [0.1, 0.15) is 11.0 Å². The largest absolute Gasteiger partial charge is 0.299 e. The minimum Gasteiger partial charge on any atom is -0.299 e. The molecule has 0 amide bonds. The topological polar surface area (TPSA) is 54.5 Å². The predicted molar refractivity (Wildman–Crippen MR) is 97.1 cm³/mol. The van der Waals surface area contributed by atoms with E-state index in [-0.39, 0.29) is 11.7 Å². The van der Waals surface area contributed by atoms with E-state index in [9.17, 15) is 13.2 Å². The summed E-state index contributed by atoms with van der Waals surface area (Å²) in [6.07, 6.45) is 2.29. The van der Waals surface area contributed by atoms with Crippen molar-refractivity contribution in [2.75, 3.05) is 14.1 Å². The Balaban J connectivity index is 2.52. The third-order valence-electron chi connectivity index (χ3n) is 5.37. The van der Waals surface area contributed by atoms with Crippen molar-refractivity contribution in [3.8, 4) is 0 Å². The Morgan fingerprint density at radius 2 is 1.71 bits per heavy atom. The predicted octanol–water partition coefficient (Wildman–Crippen LogP) is 3.65. The molecule has 0 spiro atoms. The maximum Gasteiger partial charge on any atom is 0.221 e. The molecule has 0 N–H and O–H groups in total. The van der Waals surface area contributed by atoms with E-state index in [2.05, 4.69) is 6.92 Å². The molecule has 3 atom stereocenters. The van der Waals surface area contributed by atoms with Crippen molar-refractivity contribution >= 4 is 15.8 Å². The van der Waals surface area contributed by atoms with Crippen molar-refractivity contribution in [3.63, 3.8) is 0 Å². The molecule has 1 aromatic carbocycles. The number of rotatable bonds is 5. The van der Waals surface area contributed by atoms with Crippen LogP contribution in [-0.4, -0.2) is 32.6 Å². The molecule has 1 saturated carbocycles. The molecule has 4 nitrogen and oxygen atoms in total. The zero-order valence-electron chi connectivity index (χ0n) is 15.3. The fraction of sp³-hybridized carbons (Fsp3) is 0.632. The molecule has 134 valence electrons. The molecule has 0 heterocycles. The lowest BCUT2D eigenvalue weighted by Crippen LogP contribution is -2.44. The van der Waals surface area contributed by atoms with Crippen LogP contribution in [0.25, 0.3) is 0 Å². The molecule has 0 aliphatic heterocycles. The van der Waals surface area contributed by atoms with Gasteiger partial charge in [0.25, 0.3) is 0 Å². The molecule has 0 aromatic heterocycles. The van der Waals surface area contributed by atoms with Crippen LogP contribution in [0.4, 0.5) is 0 Å². The van der Waals surface area contributed by atoms with E-state index in [0.29, 0.717) is 12.3 Å². The van der Waals surface area contributed by atoms with Crippen LogP contribution in [0.5, 0.6) is 0 Å². The smallest absolute Gasteiger partial charge is 0.221 e. The fourth-order valence-electron chi connectivity index (χ4n) is 3.99. The highest BCUT2D eigenvalue weighted by atomic mass is 32.2. The first-order chi connectivity index (χ1) is 11.1. The number of carbonyl (C=O) groups excluding carboxylic acids is 1. The second kappa shape index (κ2) is 6.96. The molecule has 0 radical (unpaired) electrons. The molecule has 24 heavy (non-hydrogen) atoms. The lowest BCUT2D eigenvalue weighted by Gasteiger charge is -2.43. The second-order valence-corrected chi connectivity index (χ2v) is 10.1. The summed E-state index contributed by atoms with van der Waals surface area (Å²) in [4.78, 5) is 12.7. The van der Waals surface area contributed by atoms with E-state index in [1.807, 2.05) is 44.2 Å². The first-order valence-corrected chi connectivity index (χ1v) is 10.1. The first kappa shape index (κ1) is 19.1. The Morgan fingerprint density at radius 1 is 1.12 bits per heavy atom. The van der Waals surface area contributed by atoms with Crippen LogP contribution >= 0.6 is 0 Å². The Morgan fingerprint density at radius 3 is 2.21 bits per heavy atom. The van der Waals surface area contributed by atoms with E-state index in [4.69, 9.17) is 0 Å². The third-order valence-corrected chi connectivity index (χ3v) is 7.86. The fourth-order valence-corrected chi connectivity index (χ4v) is 5.85. The summed E-state index contributed by atoms with van der Waals surface area (Å²) in [5, 5.41) is -0.733. The molecule has 5 heteroatoms. The Bertz CT molecular complexity index is 680. The zero-order chi connectivity index (χ0) is 18.1. The molecule has 0 saturated heterocycles. The summed E-state index contributed by atoms with van der Waals surface area (Å²) < 4.78 is 27.5. The van der Waals surface area contributed by atoms with Crippen LogP contribution in [-0.2, 0) is 14.8 Å². The van der Waals surface area contributed by atoms with Crippen LogP contribution in [0.15, 0.2) is 30.3 Å². The Labute approximate surface area is 146 Å². The average Bonchev–Trinajstić information content (AvgIpc) is 2.47. The van der Waals surface area contributed by atoms with Gasteiger partial charge in [-0.3, -0.25) is 4.79 Å². The second-order valence-electron chi connectivity index (χ2n) is 7.84. The maximum absolute atomic E-state index is 13.1. The van der Waals surface area contributed by atoms with Gasteiger partial charge < -0.3 is 0 Å². The highest BCUT2D eigenvalue weighted by molar-refractivity contribution is 7.89. The van der Waals surface area contributed by atoms with Gasteiger partial charge in [-0.2, -0.15) is 0 Å². The Kier molecular flexibility index (Phi) is 5.55. The molecular formula is C19H29NO3S. The van der Waals surface area contributed by atoms with Crippen LogP contribution in [0.3, 0.4) is 0 Å². The van der Waals surface area contributed by atoms with E-state index in [1.165, 1.54) is 4.31 Å². The average molecular weight is 352 g/mol. The normalized spacial score (nSPS) is 24.2. The Hall–Kier alpha value is -1.20. The van der Waals surface area contributed by atoms with Gasteiger partial charge in [0.05, 0.1) is 0 Å². The minimum absolute atomic E-state index is 0.202. The van der Waals surface area contributed by atoms with Crippen LogP contribution in [0, 0.1) is 17.3 Å². The van der Waals surface area contributed by atoms with Gasteiger partial charge in [0, 0.05) is 26.4 Å². The monoisotopic (exact) mass is 351 g/mol. The van der Waals surface area contributed by atoms with Gasteiger partial charge in [-0.1, -0.05) is 51.1 Å². The molecule has 0 bridgehead atoms. The number of sulfonamides is 1. The van der Waals surface area contributed by atoms with E-state index in [1.54, 1.807) is 14.1 Å². The van der Waals surface area contributed by atoms with Crippen molar-refractivity contribution in [1.29, 1.82) is 0 Å². The van der Waals surface area contributed by atoms with Crippen molar-refractivity contribution < 1.29 is 13.2 Å². The van der Waals surface area contributed by atoms with Gasteiger partial charge in [0.2, 0.25) is 10.0 Å². The molecular weight excluding hydrogens is 322 g/mol. The molecule has 0 unspecified atom stereocenters. The highest BCUT2D eigenvalue weighted by Crippen LogP contribution is 2.49. The van der Waals surface area contributed by atoms with Crippen LogP contribution < -0.4 is 0 Å². The van der Waals surface area contributed by atoms with E-state index >= 15 is 0 Å².